The largest absolute Gasteiger partial charge is 0.480 e. The molecule has 160 valence electrons. The van der Waals surface area contributed by atoms with Gasteiger partial charge < -0.3 is 14.6 Å². The molecular weight excluding hydrogens is 366 g/mol. The molecule has 1 atom stereocenters. The molecule has 29 heavy (non-hydrogen) atoms. The van der Waals surface area contributed by atoms with Crippen LogP contribution in [0.5, 0.6) is 0 Å². The highest BCUT2D eigenvalue weighted by atomic mass is 16.4. The van der Waals surface area contributed by atoms with Crippen molar-refractivity contribution in [3.63, 3.8) is 0 Å². The molecule has 1 aliphatic heterocycles. The molecule has 6 heteroatoms. The number of aromatic nitrogens is 2. The number of hydrogen-bond acceptors (Lipinski definition) is 3. The molecule has 0 radical (unpaired) electrons. The van der Waals surface area contributed by atoms with Crippen LogP contribution in [0.25, 0.3) is 0 Å². The van der Waals surface area contributed by atoms with Crippen LogP contribution in [0.15, 0.2) is 6.33 Å². The third kappa shape index (κ3) is 4.84. The molecular formula is C23H35N3O3. The Balaban J connectivity index is 1.42. The van der Waals surface area contributed by atoms with E-state index in [2.05, 4.69) is 9.55 Å². The first kappa shape index (κ1) is 20.4. The number of aryl methyl sites for hydroxylation is 1. The summed E-state index contributed by atoms with van der Waals surface area (Å²) in [6.45, 7) is 1.25. The van der Waals surface area contributed by atoms with Crippen molar-refractivity contribution in [2.24, 2.45) is 11.8 Å². The van der Waals surface area contributed by atoms with Crippen molar-refractivity contribution in [3.8, 4) is 0 Å². The Morgan fingerprint density at radius 3 is 2.31 bits per heavy atom. The van der Waals surface area contributed by atoms with E-state index in [9.17, 15) is 14.7 Å². The van der Waals surface area contributed by atoms with Gasteiger partial charge in [-0.3, -0.25) is 4.79 Å². The predicted octanol–water partition coefficient (Wildman–Crippen LogP) is 4.16. The normalized spacial score (nSPS) is 23.7. The molecule has 1 amide bonds. The van der Waals surface area contributed by atoms with Crippen molar-refractivity contribution in [1.29, 1.82) is 0 Å². The second kappa shape index (κ2) is 9.31. The minimum Gasteiger partial charge on any atom is -0.480 e. The first-order chi connectivity index (χ1) is 14.1. The quantitative estimate of drug-likeness (QED) is 0.776. The highest BCUT2D eigenvalue weighted by Crippen LogP contribution is 2.31. The molecule has 4 rings (SSSR count). The molecule has 3 aliphatic rings. The summed E-state index contributed by atoms with van der Waals surface area (Å²) in [6, 6.07) is -0.760. The van der Waals surface area contributed by atoms with E-state index < -0.39 is 12.0 Å². The lowest BCUT2D eigenvalue weighted by Crippen LogP contribution is -2.49. The monoisotopic (exact) mass is 401 g/mol. The number of amides is 1. The van der Waals surface area contributed by atoms with E-state index in [4.69, 9.17) is 0 Å². The van der Waals surface area contributed by atoms with Gasteiger partial charge in [0.05, 0.1) is 18.6 Å². The molecule has 1 aromatic heterocycles. The Labute approximate surface area is 173 Å². The summed E-state index contributed by atoms with van der Waals surface area (Å²) in [6.07, 6.45) is 16.4. The number of hydrogen-bond donors (Lipinski definition) is 1. The molecule has 2 fully saturated rings. The molecule has 0 aromatic carbocycles. The fraction of sp³-hybridized carbons (Fsp3) is 0.783. The van der Waals surface area contributed by atoms with Gasteiger partial charge in [0.25, 0.3) is 0 Å². The summed E-state index contributed by atoms with van der Waals surface area (Å²) in [5.41, 5.74) is 1.91. The fourth-order valence-electron chi connectivity index (χ4n) is 5.61. The summed E-state index contributed by atoms with van der Waals surface area (Å²) in [4.78, 5) is 31.1. The molecule has 1 N–H and O–H groups in total. The summed E-state index contributed by atoms with van der Waals surface area (Å²) in [5.74, 6) is 0.300. The molecule has 0 unspecified atom stereocenters. The molecule has 6 nitrogen and oxygen atoms in total. The number of nitrogens with zero attached hydrogens (tertiary/aromatic N) is 3. The maximum Gasteiger partial charge on any atom is 0.326 e. The average molecular weight is 402 g/mol. The van der Waals surface area contributed by atoms with E-state index in [-0.39, 0.29) is 5.91 Å². The predicted molar refractivity (Wildman–Crippen MR) is 110 cm³/mol. The number of aliphatic carboxylic acids is 1. The number of carbonyl (C=O) groups is 2. The summed E-state index contributed by atoms with van der Waals surface area (Å²) < 4.78 is 2.16. The summed E-state index contributed by atoms with van der Waals surface area (Å²) in [7, 11) is 0. The van der Waals surface area contributed by atoms with E-state index in [0.717, 1.165) is 43.1 Å². The minimum absolute atomic E-state index is 0.00768. The smallest absolute Gasteiger partial charge is 0.326 e. The van der Waals surface area contributed by atoms with Gasteiger partial charge in [-0.1, -0.05) is 51.4 Å². The number of carbonyl (C=O) groups excluding carboxylic acids is 1. The Bertz CT molecular complexity index is 717. The second-order valence-corrected chi connectivity index (χ2v) is 9.41. The van der Waals surface area contributed by atoms with Gasteiger partial charge in [-0.25, -0.2) is 9.78 Å². The minimum atomic E-state index is -0.896. The Morgan fingerprint density at radius 2 is 1.66 bits per heavy atom. The van der Waals surface area contributed by atoms with Crippen LogP contribution in [0.2, 0.25) is 0 Å². The second-order valence-electron chi connectivity index (χ2n) is 9.41. The zero-order valence-corrected chi connectivity index (χ0v) is 17.5. The van der Waals surface area contributed by atoms with Crippen molar-refractivity contribution < 1.29 is 14.7 Å². The van der Waals surface area contributed by atoms with Gasteiger partial charge in [0, 0.05) is 25.1 Å². The third-order valence-electron chi connectivity index (χ3n) is 7.41. The van der Waals surface area contributed by atoms with Crippen molar-refractivity contribution in [2.75, 3.05) is 0 Å². The van der Waals surface area contributed by atoms with Gasteiger partial charge in [-0.05, 0) is 31.1 Å². The number of imidazole rings is 1. The van der Waals surface area contributed by atoms with Crippen LogP contribution < -0.4 is 0 Å². The number of carboxylic acids is 1. The third-order valence-corrected chi connectivity index (χ3v) is 7.41. The van der Waals surface area contributed by atoms with Crippen molar-refractivity contribution in [2.45, 2.75) is 103 Å². The van der Waals surface area contributed by atoms with Crippen LogP contribution in [0.3, 0.4) is 0 Å². The lowest BCUT2D eigenvalue weighted by molar-refractivity contribution is -0.152. The fourth-order valence-corrected chi connectivity index (χ4v) is 5.61. The van der Waals surface area contributed by atoms with E-state index in [0.29, 0.717) is 25.3 Å². The van der Waals surface area contributed by atoms with E-state index in [1.165, 1.54) is 51.4 Å². The van der Waals surface area contributed by atoms with Crippen molar-refractivity contribution in [3.05, 3.63) is 17.7 Å². The van der Waals surface area contributed by atoms with Gasteiger partial charge in [0.2, 0.25) is 5.91 Å². The van der Waals surface area contributed by atoms with Crippen molar-refractivity contribution in [1.82, 2.24) is 14.5 Å². The van der Waals surface area contributed by atoms with Gasteiger partial charge in [-0.2, -0.15) is 0 Å². The van der Waals surface area contributed by atoms with Crippen LogP contribution in [0.4, 0.5) is 0 Å². The van der Waals surface area contributed by atoms with Crippen LogP contribution in [0.1, 0.15) is 88.4 Å². The van der Waals surface area contributed by atoms with Gasteiger partial charge in [-0.15, -0.1) is 0 Å². The first-order valence-corrected chi connectivity index (χ1v) is 11.7. The zero-order chi connectivity index (χ0) is 20.2. The van der Waals surface area contributed by atoms with Crippen LogP contribution in [-0.4, -0.2) is 37.5 Å². The Kier molecular flexibility index (Phi) is 6.56. The number of fused-ring (bicyclic) bond motifs is 1. The highest BCUT2D eigenvalue weighted by molar-refractivity contribution is 5.84. The maximum atomic E-state index is 13.0. The average Bonchev–Trinajstić information content (AvgIpc) is 3.15. The summed E-state index contributed by atoms with van der Waals surface area (Å²) in [5, 5.41) is 9.83. The zero-order valence-electron chi connectivity index (χ0n) is 17.5. The molecule has 2 heterocycles. The maximum absolute atomic E-state index is 13.0. The van der Waals surface area contributed by atoms with Crippen molar-refractivity contribution >= 4 is 11.9 Å². The molecule has 2 aliphatic carbocycles. The standard InChI is InChI=1S/C23H35N3O3/c27-22(13-18-9-5-2-6-10-18)26-15-19-20(14-21(26)23(28)29)25(16-24-19)12-11-17-7-3-1-4-8-17/h16-18,21H,1-15H2,(H,28,29)/t21-/m0/s1. The van der Waals surface area contributed by atoms with E-state index in [1.54, 1.807) is 4.90 Å². The van der Waals surface area contributed by atoms with Crippen LogP contribution >= 0.6 is 0 Å². The van der Waals surface area contributed by atoms with Crippen LogP contribution in [0, 0.1) is 11.8 Å². The highest BCUT2D eigenvalue weighted by Gasteiger charge is 2.37. The van der Waals surface area contributed by atoms with Crippen LogP contribution in [-0.2, 0) is 29.1 Å². The SMILES string of the molecule is O=C(O)[C@@H]1Cc2c(ncn2CCC2CCCCC2)CN1C(=O)CC1CCCCC1. The van der Waals surface area contributed by atoms with Gasteiger partial charge in [0.15, 0.2) is 0 Å². The molecule has 0 bridgehead atoms. The number of carboxylic acid groups (broad SMARTS) is 1. The Morgan fingerprint density at radius 1 is 1.00 bits per heavy atom. The number of rotatable bonds is 6. The van der Waals surface area contributed by atoms with Gasteiger partial charge in [0.1, 0.15) is 6.04 Å². The lowest BCUT2D eigenvalue weighted by Gasteiger charge is -2.34. The Hall–Kier alpha value is -1.85. The topological polar surface area (TPSA) is 75.4 Å². The summed E-state index contributed by atoms with van der Waals surface area (Å²) >= 11 is 0. The lowest BCUT2D eigenvalue weighted by atomic mass is 9.86. The van der Waals surface area contributed by atoms with E-state index in [1.807, 2.05) is 6.33 Å². The van der Waals surface area contributed by atoms with Gasteiger partial charge >= 0.3 is 5.97 Å². The molecule has 1 aromatic rings. The molecule has 0 saturated heterocycles. The molecule has 0 spiro atoms. The molecule has 2 saturated carbocycles. The first-order valence-electron chi connectivity index (χ1n) is 11.7. The van der Waals surface area contributed by atoms with E-state index >= 15 is 0 Å².